The Kier molecular flexibility index (Phi) is 9.26. The van der Waals surface area contributed by atoms with Crippen LogP contribution in [0.1, 0.15) is 76.5 Å². The molecule has 0 spiro atoms. The second kappa shape index (κ2) is 10.4. The van der Waals surface area contributed by atoms with Crippen molar-refractivity contribution < 1.29 is 0 Å². The first-order chi connectivity index (χ1) is 10.1. The second-order valence-electron chi connectivity index (χ2n) is 6.17. The lowest BCUT2D eigenvalue weighted by Crippen LogP contribution is -2.24. The SMILES string of the molecule is CCCCC(CC)CC(NCCC)c1ccc(Br)c(C)c1. The fourth-order valence-electron chi connectivity index (χ4n) is 2.86. The highest BCUT2D eigenvalue weighted by atomic mass is 79.9. The molecule has 1 rings (SSSR count). The number of aryl methyl sites for hydroxylation is 1. The van der Waals surface area contributed by atoms with E-state index in [2.05, 4.69) is 67.1 Å². The van der Waals surface area contributed by atoms with Crippen molar-refractivity contribution in [3.8, 4) is 0 Å². The molecule has 0 radical (unpaired) electrons. The average Bonchev–Trinajstić information content (AvgIpc) is 2.49. The Hall–Kier alpha value is -0.340. The number of hydrogen-bond donors (Lipinski definition) is 1. The van der Waals surface area contributed by atoms with Crippen LogP contribution >= 0.6 is 15.9 Å². The van der Waals surface area contributed by atoms with Gasteiger partial charge in [-0.2, -0.15) is 0 Å². The van der Waals surface area contributed by atoms with Gasteiger partial charge in [0, 0.05) is 10.5 Å². The van der Waals surface area contributed by atoms with Crippen molar-refractivity contribution in [2.24, 2.45) is 5.92 Å². The highest BCUT2D eigenvalue weighted by molar-refractivity contribution is 9.10. The molecule has 2 heteroatoms. The van der Waals surface area contributed by atoms with Gasteiger partial charge < -0.3 is 5.32 Å². The van der Waals surface area contributed by atoms with E-state index in [-0.39, 0.29) is 0 Å². The highest BCUT2D eigenvalue weighted by Crippen LogP contribution is 2.29. The summed E-state index contributed by atoms with van der Waals surface area (Å²) in [6, 6.07) is 7.30. The molecule has 1 N–H and O–H groups in total. The van der Waals surface area contributed by atoms with Crippen molar-refractivity contribution in [3.63, 3.8) is 0 Å². The molecule has 2 atom stereocenters. The molecule has 1 nitrogen and oxygen atoms in total. The third-order valence-corrected chi connectivity index (χ3v) is 5.23. The van der Waals surface area contributed by atoms with Crippen LogP contribution in [0.25, 0.3) is 0 Å². The van der Waals surface area contributed by atoms with Crippen LogP contribution < -0.4 is 5.32 Å². The minimum absolute atomic E-state index is 0.499. The molecule has 120 valence electrons. The normalized spacial score (nSPS) is 14.1. The fraction of sp³-hybridized carbons (Fsp3) is 0.684. The lowest BCUT2D eigenvalue weighted by molar-refractivity contribution is 0.353. The Morgan fingerprint density at radius 3 is 2.48 bits per heavy atom. The molecule has 0 saturated carbocycles. The van der Waals surface area contributed by atoms with Gasteiger partial charge in [0.2, 0.25) is 0 Å². The van der Waals surface area contributed by atoms with Crippen LogP contribution in [0.2, 0.25) is 0 Å². The number of nitrogens with one attached hydrogen (secondary N) is 1. The molecule has 2 unspecified atom stereocenters. The third kappa shape index (κ3) is 6.52. The zero-order valence-electron chi connectivity index (χ0n) is 14.2. The molecule has 0 aliphatic carbocycles. The Morgan fingerprint density at radius 2 is 1.90 bits per heavy atom. The molecule has 0 saturated heterocycles. The van der Waals surface area contributed by atoms with E-state index < -0.39 is 0 Å². The van der Waals surface area contributed by atoms with Crippen molar-refractivity contribution in [3.05, 3.63) is 33.8 Å². The van der Waals surface area contributed by atoms with Gasteiger partial charge in [0.1, 0.15) is 0 Å². The molecule has 0 fully saturated rings. The Labute approximate surface area is 140 Å². The van der Waals surface area contributed by atoms with Gasteiger partial charge in [-0.15, -0.1) is 0 Å². The first kappa shape index (κ1) is 18.7. The standard InChI is InChI=1S/C19H32BrN/c1-5-8-9-16(7-3)14-19(21-12-6-2)17-10-11-18(20)15(4)13-17/h10-11,13,16,19,21H,5-9,12,14H2,1-4H3. The van der Waals surface area contributed by atoms with Crippen LogP contribution in [0.3, 0.4) is 0 Å². The van der Waals surface area contributed by atoms with E-state index in [1.165, 1.54) is 54.1 Å². The van der Waals surface area contributed by atoms with Crippen LogP contribution in [0.5, 0.6) is 0 Å². The van der Waals surface area contributed by atoms with E-state index in [4.69, 9.17) is 0 Å². The maximum Gasteiger partial charge on any atom is 0.0322 e. The van der Waals surface area contributed by atoms with Crippen molar-refractivity contribution in [1.82, 2.24) is 5.32 Å². The van der Waals surface area contributed by atoms with Crippen molar-refractivity contribution in [1.29, 1.82) is 0 Å². The quantitative estimate of drug-likeness (QED) is 0.512. The smallest absolute Gasteiger partial charge is 0.0322 e. The summed E-state index contributed by atoms with van der Waals surface area (Å²) >= 11 is 3.61. The molecule has 0 heterocycles. The summed E-state index contributed by atoms with van der Waals surface area (Å²) in [5.41, 5.74) is 2.77. The summed E-state index contributed by atoms with van der Waals surface area (Å²) in [7, 11) is 0. The summed E-state index contributed by atoms with van der Waals surface area (Å²) in [5, 5.41) is 3.76. The number of halogens is 1. The monoisotopic (exact) mass is 353 g/mol. The lowest BCUT2D eigenvalue weighted by Gasteiger charge is -2.25. The summed E-state index contributed by atoms with van der Waals surface area (Å²) < 4.78 is 1.21. The first-order valence-corrected chi connectivity index (χ1v) is 9.41. The van der Waals surface area contributed by atoms with E-state index in [1.54, 1.807) is 0 Å². The summed E-state index contributed by atoms with van der Waals surface area (Å²) in [5.74, 6) is 0.836. The number of rotatable bonds is 10. The molecular formula is C19H32BrN. The van der Waals surface area contributed by atoms with Crippen molar-refractivity contribution >= 4 is 15.9 Å². The van der Waals surface area contributed by atoms with Crippen LogP contribution in [0.15, 0.2) is 22.7 Å². The maximum atomic E-state index is 3.76. The fourth-order valence-corrected chi connectivity index (χ4v) is 3.10. The van der Waals surface area contributed by atoms with Gasteiger partial charge in [0.25, 0.3) is 0 Å². The van der Waals surface area contributed by atoms with Gasteiger partial charge in [0.15, 0.2) is 0 Å². The summed E-state index contributed by atoms with van der Waals surface area (Å²) in [6.07, 6.45) is 7.78. The van der Waals surface area contributed by atoms with Crippen LogP contribution in [0.4, 0.5) is 0 Å². The first-order valence-electron chi connectivity index (χ1n) is 8.61. The van der Waals surface area contributed by atoms with Crippen molar-refractivity contribution in [2.45, 2.75) is 72.3 Å². The third-order valence-electron chi connectivity index (χ3n) is 4.34. The highest BCUT2D eigenvalue weighted by Gasteiger charge is 2.17. The minimum atomic E-state index is 0.499. The molecule has 21 heavy (non-hydrogen) atoms. The van der Waals surface area contributed by atoms with Gasteiger partial charge >= 0.3 is 0 Å². The van der Waals surface area contributed by atoms with E-state index in [0.29, 0.717) is 6.04 Å². The molecule has 0 amide bonds. The predicted molar refractivity (Wildman–Crippen MR) is 97.8 cm³/mol. The largest absolute Gasteiger partial charge is 0.310 e. The molecule has 1 aromatic rings. The molecule has 1 aromatic carbocycles. The number of benzene rings is 1. The van der Waals surface area contributed by atoms with E-state index >= 15 is 0 Å². The topological polar surface area (TPSA) is 12.0 Å². The Morgan fingerprint density at radius 1 is 1.14 bits per heavy atom. The zero-order chi connectivity index (χ0) is 15.7. The van der Waals surface area contributed by atoms with Crippen LogP contribution in [-0.2, 0) is 0 Å². The van der Waals surface area contributed by atoms with Gasteiger partial charge in [-0.25, -0.2) is 0 Å². The molecule has 0 bridgehead atoms. The molecule has 0 aromatic heterocycles. The van der Waals surface area contributed by atoms with Gasteiger partial charge in [-0.3, -0.25) is 0 Å². The summed E-state index contributed by atoms with van der Waals surface area (Å²) in [4.78, 5) is 0. The average molecular weight is 354 g/mol. The number of unbranched alkanes of at least 4 members (excludes halogenated alkanes) is 1. The molecular weight excluding hydrogens is 322 g/mol. The Balaban J connectivity index is 2.80. The van der Waals surface area contributed by atoms with E-state index in [1.807, 2.05) is 0 Å². The van der Waals surface area contributed by atoms with E-state index in [9.17, 15) is 0 Å². The summed E-state index contributed by atoms with van der Waals surface area (Å²) in [6.45, 7) is 10.1. The van der Waals surface area contributed by atoms with Gasteiger partial charge in [-0.05, 0) is 49.4 Å². The lowest BCUT2D eigenvalue weighted by atomic mass is 9.88. The molecule has 0 aliphatic heterocycles. The number of hydrogen-bond acceptors (Lipinski definition) is 1. The van der Waals surface area contributed by atoms with Crippen LogP contribution in [0, 0.1) is 12.8 Å². The van der Waals surface area contributed by atoms with Gasteiger partial charge in [-0.1, -0.05) is 74.5 Å². The van der Waals surface area contributed by atoms with Crippen LogP contribution in [-0.4, -0.2) is 6.54 Å². The maximum absolute atomic E-state index is 3.76. The van der Waals surface area contributed by atoms with Gasteiger partial charge in [0.05, 0.1) is 0 Å². The minimum Gasteiger partial charge on any atom is -0.310 e. The Bertz CT molecular complexity index is 403. The zero-order valence-corrected chi connectivity index (χ0v) is 15.8. The molecule has 0 aliphatic rings. The van der Waals surface area contributed by atoms with E-state index in [0.717, 1.165) is 12.5 Å². The predicted octanol–water partition coefficient (Wildman–Crippen LogP) is 6.40. The second-order valence-corrected chi connectivity index (χ2v) is 7.02. The van der Waals surface area contributed by atoms with Crippen molar-refractivity contribution in [2.75, 3.05) is 6.54 Å².